The van der Waals surface area contributed by atoms with Crippen LogP contribution in [0.4, 0.5) is 0 Å². The molecule has 0 radical (unpaired) electrons. The van der Waals surface area contributed by atoms with E-state index in [-0.39, 0.29) is 25.7 Å². The highest BCUT2D eigenvalue weighted by molar-refractivity contribution is 7.47. The largest absolute Gasteiger partial charge is 0.472 e. The monoisotopic (exact) mass is 1540 g/mol. The van der Waals surface area contributed by atoms with Crippen LogP contribution in [0.5, 0.6) is 0 Å². The minimum atomic E-state index is -4.99. The molecular formula is C87H160O17P2. The Morgan fingerprint density at radius 2 is 0.472 bits per heavy atom. The highest BCUT2D eigenvalue weighted by Crippen LogP contribution is 2.45. The fraction of sp³-hybridized carbons (Fsp3) is 0.839. The van der Waals surface area contributed by atoms with Gasteiger partial charge in [-0.05, 0) is 89.9 Å². The normalized spacial score (nSPS) is 14.1. The van der Waals surface area contributed by atoms with Gasteiger partial charge in [-0.15, -0.1) is 0 Å². The van der Waals surface area contributed by atoms with E-state index in [2.05, 4.69) is 76.3 Å². The van der Waals surface area contributed by atoms with Gasteiger partial charge in [-0.3, -0.25) is 37.3 Å². The lowest BCUT2D eigenvalue weighted by Gasteiger charge is -2.21. The first-order chi connectivity index (χ1) is 51.7. The number of carbonyl (C=O) groups excluding carboxylic acids is 4. The standard InChI is InChI=1S/C87H160O17P2/c1-5-9-13-17-21-25-29-33-37-40-44-48-52-56-60-64-68-72-85(90)98-78-83(104-87(92)74-70-66-62-58-54-50-46-42-39-35-31-27-23-19-15-11-7-3)80-102-106(95,96)100-76-81(88)75-99-105(93,94)101-79-82(77-97-84(89)71-67-63-59-55-51-47-43-36-32-28-24-20-16-12-8-4)103-86(91)73-69-65-61-57-53-49-45-41-38-34-30-26-22-18-14-10-6-2/h21,25,33,36-37,43-44,48,56,60,81-83,88H,5-20,22-24,26-32,34-35,38-42,45-47,49-55,57-59,61-80H2,1-4H3,(H,93,94)(H,95,96)/b25-21-,37-33-,43-36-,48-44-,60-56-/t81-,82+,83+/m0/s1. The highest BCUT2D eigenvalue weighted by atomic mass is 31.2. The molecule has 0 aliphatic rings. The zero-order chi connectivity index (χ0) is 77.4. The van der Waals surface area contributed by atoms with Crippen LogP contribution in [-0.2, 0) is 65.4 Å². The van der Waals surface area contributed by atoms with E-state index in [1.54, 1.807) is 0 Å². The Kier molecular flexibility index (Phi) is 77.4. The average molecular weight is 1540 g/mol. The smallest absolute Gasteiger partial charge is 0.462 e. The van der Waals surface area contributed by atoms with Gasteiger partial charge in [-0.1, -0.05) is 358 Å². The molecule has 0 aromatic carbocycles. The van der Waals surface area contributed by atoms with Crippen LogP contribution >= 0.6 is 15.6 Å². The summed E-state index contributed by atoms with van der Waals surface area (Å²) in [5, 5.41) is 10.7. The minimum Gasteiger partial charge on any atom is -0.462 e. The Morgan fingerprint density at radius 1 is 0.264 bits per heavy atom. The van der Waals surface area contributed by atoms with Crippen molar-refractivity contribution in [1.29, 1.82) is 0 Å². The Labute approximate surface area is 648 Å². The van der Waals surface area contributed by atoms with E-state index < -0.39 is 97.5 Å². The third-order valence-corrected chi connectivity index (χ3v) is 20.9. The van der Waals surface area contributed by atoms with E-state index in [1.807, 2.05) is 12.2 Å². The maximum absolute atomic E-state index is 13.1. The molecule has 19 heteroatoms. The van der Waals surface area contributed by atoms with Crippen LogP contribution in [-0.4, -0.2) is 96.7 Å². The van der Waals surface area contributed by atoms with E-state index in [4.69, 9.17) is 37.0 Å². The third kappa shape index (κ3) is 78.9. The number of ether oxygens (including phenoxy) is 4. The van der Waals surface area contributed by atoms with E-state index >= 15 is 0 Å². The van der Waals surface area contributed by atoms with Crippen molar-refractivity contribution in [2.75, 3.05) is 39.6 Å². The predicted molar refractivity (Wildman–Crippen MR) is 437 cm³/mol. The molecule has 0 amide bonds. The summed E-state index contributed by atoms with van der Waals surface area (Å²) in [6, 6.07) is 0. The Hall–Kier alpha value is -3.24. The maximum Gasteiger partial charge on any atom is 0.472 e. The number of hydrogen-bond donors (Lipinski definition) is 3. The summed E-state index contributed by atoms with van der Waals surface area (Å²) in [7, 11) is -9.96. The molecule has 3 N–H and O–H groups in total. The SMILES string of the molecule is CCCCC/C=C\C/C=C\C/C=C\C/C=C\CCCC(=O)OC[C@H](COP(=O)(O)OC[C@@H](O)COP(=O)(O)OC[C@@H](COC(=O)CCCCCCC/C=C\CCCCCCCC)OC(=O)CCCCCCCCCCCCCCCCCCC)OC(=O)CCCCCCCCCCCCCCCCCCC. The number of hydrogen-bond acceptors (Lipinski definition) is 15. The Morgan fingerprint density at radius 3 is 0.774 bits per heavy atom. The quantitative estimate of drug-likeness (QED) is 0.0169. The molecule has 0 aromatic rings. The molecule has 106 heavy (non-hydrogen) atoms. The number of unbranched alkanes of at least 4 members (excludes halogenated alkanes) is 47. The van der Waals surface area contributed by atoms with Gasteiger partial charge in [-0.25, -0.2) is 9.13 Å². The van der Waals surface area contributed by atoms with Crippen molar-refractivity contribution in [1.82, 2.24) is 0 Å². The van der Waals surface area contributed by atoms with Crippen molar-refractivity contribution in [2.24, 2.45) is 0 Å². The average Bonchev–Trinajstić information content (AvgIpc) is 0.905. The molecule has 0 saturated heterocycles. The zero-order valence-electron chi connectivity index (χ0n) is 68.1. The summed E-state index contributed by atoms with van der Waals surface area (Å²) >= 11 is 0. The molecule has 0 aromatic heterocycles. The van der Waals surface area contributed by atoms with Gasteiger partial charge in [0, 0.05) is 25.7 Å². The number of aliphatic hydroxyl groups is 1. The van der Waals surface area contributed by atoms with Crippen molar-refractivity contribution in [3.8, 4) is 0 Å². The fourth-order valence-corrected chi connectivity index (χ4v) is 13.9. The van der Waals surface area contributed by atoms with Crippen LogP contribution < -0.4 is 0 Å². The van der Waals surface area contributed by atoms with Crippen LogP contribution in [0.1, 0.15) is 413 Å². The van der Waals surface area contributed by atoms with Gasteiger partial charge in [0.1, 0.15) is 19.3 Å². The summed E-state index contributed by atoms with van der Waals surface area (Å²) in [6.07, 6.45) is 81.8. The van der Waals surface area contributed by atoms with Gasteiger partial charge in [0.05, 0.1) is 26.4 Å². The molecule has 17 nitrogen and oxygen atoms in total. The second kappa shape index (κ2) is 79.8. The number of carbonyl (C=O) groups is 4. The van der Waals surface area contributed by atoms with E-state index in [0.29, 0.717) is 32.1 Å². The molecule has 0 spiro atoms. The van der Waals surface area contributed by atoms with Crippen molar-refractivity contribution >= 4 is 39.5 Å². The van der Waals surface area contributed by atoms with Crippen molar-refractivity contribution in [2.45, 2.75) is 431 Å². The topological polar surface area (TPSA) is 237 Å². The van der Waals surface area contributed by atoms with Crippen LogP contribution in [0, 0.1) is 0 Å². The number of phosphoric ester groups is 2. The molecule has 5 atom stereocenters. The Balaban J connectivity index is 5.37. The molecule has 0 heterocycles. The van der Waals surface area contributed by atoms with Gasteiger partial charge < -0.3 is 33.8 Å². The second-order valence-electron chi connectivity index (χ2n) is 29.5. The van der Waals surface area contributed by atoms with Gasteiger partial charge in [-0.2, -0.15) is 0 Å². The number of aliphatic hydroxyl groups excluding tert-OH is 1. The number of phosphoric acid groups is 2. The van der Waals surface area contributed by atoms with Crippen molar-refractivity contribution in [3.63, 3.8) is 0 Å². The van der Waals surface area contributed by atoms with Gasteiger partial charge in [0.25, 0.3) is 0 Å². The molecule has 0 fully saturated rings. The molecule has 2 unspecified atom stereocenters. The summed E-state index contributed by atoms with van der Waals surface area (Å²) in [5.74, 6) is -2.20. The lowest BCUT2D eigenvalue weighted by Crippen LogP contribution is -2.30. The molecular weight excluding hydrogens is 1380 g/mol. The second-order valence-corrected chi connectivity index (χ2v) is 32.4. The highest BCUT2D eigenvalue weighted by Gasteiger charge is 2.30. The maximum atomic E-state index is 13.1. The number of rotatable bonds is 83. The zero-order valence-corrected chi connectivity index (χ0v) is 69.9. The summed E-state index contributed by atoms with van der Waals surface area (Å²) in [6.45, 7) is 4.90. The Bertz CT molecular complexity index is 2240. The lowest BCUT2D eigenvalue weighted by atomic mass is 10.0. The summed E-state index contributed by atoms with van der Waals surface area (Å²) in [5.41, 5.74) is 0. The molecule has 0 saturated carbocycles. The molecule has 620 valence electrons. The van der Waals surface area contributed by atoms with Crippen LogP contribution in [0.3, 0.4) is 0 Å². The third-order valence-electron chi connectivity index (χ3n) is 19.0. The predicted octanol–water partition coefficient (Wildman–Crippen LogP) is 25.8. The number of esters is 4. The van der Waals surface area contributed by atoms with Crippen LogP contribution in [0.2, 0.25) is 0 Å². The summed E-state index contributed by atoms with van der Waals surface area (Å²) in [4.78, 5) is 73.2. The lowest BCUT2D eigenvalue weighted by molar-refractivity contribution is -0.161. The van der Waals surface area contributed by atoms with Crippen molar-refractivity contribution < 1.29 is 80.2 Å². The van der Waals surface area contributed by atoms with Gasteiger partial charge in [0.15, 0.2) is 12.2 Å². The van der Waals surface area contributed by atoms with Gasteiger partial charge >= 0.3 is 39.5 Å². The minimum absolute atomic E-state index is 0.0905. The number of allylic oxidation sites excluding steroid dienone is 10. The summed E-state index contributed by atoms with van der Waals surface area (Å²) < 4.78 is 68.8. The molecule has 0 aliphatic heterocycles. The molecule has 0 bridgehead atoms. The van der Waals surface area contributed by atoms with E-state index in [1.165, 1.54) is 212 Å². The first kappa shape index (κ1) is 103. The van der Waals surface area contributed by atoms with E-state index in [9.17, 15) is 43.2 Å². The first-order valence-corrected chi connectivity index (χ1v) is 46.5. The molecule has 0 aliphatic carbocycles. The van der Waals surface area contributed by atoms with Crippen LogP contribution in [0.25, 0.3) is 0 Å². The van der Waals surface area contributed by atoms with E-state index in [0.717, 1.165) is 116 Å². The van der Waals surface area contributed by atoms with Gasteiger partial charge in [0.2, 0.25) is 0 Å². The first-order valence-electron chi connectivity index (χ1n) is 43.5. The van der Waals surface area contributed by atoms with Crippen LogP contribution in [0.15, 0.2) is 60.8 Å². The fourth-order valence-electron chi connectivity index (χ4n) is 12.3. The molecule has 0 rings (SSSR count). The van der Waals surface area contributed by atoms with Crippen molar-refractivity contribution in [3.05, 3.63) is 60.8 Å².